The van der Waals surface area contributed by atoms with Gasteiger partial charge in [0, 0.05) is 10.5 Å². The van der Waals surface area contributed by atoms with Gasteiger partial charge in [-0.05, 0) is 46.4 Å². The summed E-state index contributed by atoms with van der Waals surface area (Å²) < 4.78 is 0.991. The molecule has 3 heteroatoms. The summed E-state index contributed by atoms with van der Waals surface area (Å²) in [4.78, 5) is 0. The zero-order valence-corrected chi connectivity index (χ0v) is 11.8. The Bertz CT molecular complexity index is 363. The van der Waals surface area contributed by atoms with E-state index in [0.29, 0.717) is 6.04 Å². The summed E-state index contributed by atoms with van der Waals surface area (Å²) in [6.45, 7) is 3.13. The normalized spacial score (nSPS) is 17.4. The molecule has 1 aromatic rings. The van der Waals surface area contributed by atoms with Crippen molar-refractivity contribution in [3.05, 3.63) is 33.3 Å². The van der Waals surface area contributed by atoms with E-state index in [0.717, 1.165) is 22.0 Å². The van der Waals surface area contributed by atoms with E-state index in [2.05, 4.69) is 40.3 Å². The monoisotopic (exact) mass is 301 g/mol. The van der Waals surface area contributed by atoms with Crippen molar-refractivity contribution in [2.45, 2.75) is 32.2 Å². The minimum absolute atomic E-state index is 0.405. The molecule has 0 spiro atoms. The second-order valence-electron chi connectivity index (χ2n) is 4.43. The van der Waals surface area contributed by atoms with E-state index >= 15 is 0 Å². The molecule has 1 fully saturated rings. The molecule has 0 bridgehead atoms. The van der Waals surface area contributed by atoms with E-state index < -0.39 is 0 Å². The van der Waals surface area contributed by atoms with E-state index in [-0.39, 0.29) is 0 Å². The SMILES string of the molecule is CCNC(CC1CC1)c1cccc(Br)c1Cl. The summed E-state index contributed by atoms with van der Waals surface area (Å²) in [5.41, 5.74) is 1.23. The fourth-order valence-electron chi connectivity index (χ4n) is 2.04. The van der Waals surface area contributed by atoms with Crippen LogP contribution in [0.2, 0.25) is 5.02 Å². The molecule has 1 aliphatic rings. The van der Waals surface area contributed by atoms with Gasteiger partial charge in [0.1, 0.15) is 0 Å². The number of nitrogens with one attached hydrogen (secondary N) is 1. The number of rotatable bonds is 5. The molecule has 0 heterocycles. The maximum Gasteiger partial charge on any atom is 0.0595 e. The van der Waals surface area contributed by atoms with Gasteiger partial charge in [-0.1, -0.05) is 43.5 Å². The Morgan fingerprint density at radius 3 is 2.88 bits per heavy atom. The lowest BCUT2D eigenvalue weighted by molar-refractivity contribution is 0.487. The summed E-state index contributed by atoms with van der Waals surface area (Å²) in [6, 6.07) is 6.58. The first-order valence-electron chi connectivity index (χ1n) is 5.89. The number of hydrogen-bond acceptors (Lipinski definition) is 1. The Balaban J connectivity index is 2.18. The summed E-state index contributed by atoms with van der Waals surface area (Å²) in [5.74, 6) is 0.902. The molecule has 1 N–H and O–H groups in total. The molecule has 88 valence electrons. The smallest absolute Gasteiger partial charge is 0.0595 e. The van der Waals surface area contributed by atoms with Crippen LogP contribution in [0.25, 0.3) is 0 Å². The van der Waals surface area contributed by atoms with E-state index in [4.69, 9.17) is 11.6 Å². The van der Waals surface area contributed by atoms with E-state index in [1.165, 1.54) is 24.8 Å². The van der Waals surface area contributed by atoms with Crippen molar-refractivity contribution in [2.24, 2.45) is 5.92 Å². The summed E-state index contributed by atoms with van der Waals surface area (Å²) in [7, 11) is 0. The molecule has 16 heavy (non-hydrogen) atoms. The van der Waals surface area contributed by atoms with Gasteiger partial charge in [-0.2, -0.15) is 0 Å². The van der Waals surface area contributed by atoms with Crippen LogP contribution in [0.1, 0.15) is 37.8 Å². The average molecular weight is 303 g/mol. The predicted molar refractivity (Wildman–Crippen MR) is 72.9 cm³/mol. The molecule has 1 aliphatic carbocycles. The lowest BCUT2D eigenvalue weighted by Crippen LogP contribution is -2.21. The number of hydrogen-bond donors (Lipinski definition) is 1. The minimum Gasteiger partial charge on any atom is -0.310 e. The van der Waals surface area contributed by atoms with Crippen LogP contribution in [0.4, 0.5) is 0 Å². The predicted octanol–water partition coefficient (Wildman–Crippen LogP) is 4.55. The van der Waals surface area contributed by atoms with Crippen LogP contribution in [0, 0.1) is 5.92 Å². The second kappa shape index (κ2) is 5.52. The van der Waals surface area contributed by atoms with Gasteiger partial charge >= 0.3 is 0 Å². The Kier molecular flexibility index (Phi) is 4.28. The molecular formula is C13H17BrClN. The molecule has 1 atom stereocenters. The van der Waals surface area contributed by atoms with Crippen molar-refractivity contribution < 1.29 is 0 Å². The Labute approximate surface area is 111 Å². The largest absolute Gasteiger partial charge is 0.310 e. The molecule has 1 aromatic carbocycles. The molecule has 0 aromatic heterocycles. The highest BCUT2D eigenvalue weighted by molar-refractivity contribution is 9.10. The third-order valence-corrected chi connectivity index (χ3v) is 4.38. The van der Waals surface area contributed by atoms with Crippen molar-refractivity contribution >= 4 is 27.5 Å². The van der Waals surface area contributed by atoms with E-state index in [1.54, 1.807) is 0 Å². The lowest BCUT2D eigenvalue weighted by Gasteiger charge is -2.20. The molecule has 1 unspecified atom stereocenters. The van der Waals surface area contributed by atoms with Gasteiger partial charge < -0.3 is 5.32 Å². The molecule has 1 nitrogen and oxygen atoms in total. The van der Waals surface area contributed by atoms with Gasteiger partial charge in [-0.15, -0.1) is 0 Å². The van der Waals surface area contributed by atoms with Crippen molar-refractivity contribution in [2.75, 3.05) is 6.54 Å². The molecule has 0 aliphatic heterocycles. The van der Waals surface area contributed by atoms with E-state index in [9.17, 15) is 0 Å². The Morgan fingerprint density at radius 2 is 2.25 bits per heavy atom. The van der Waals surface area contributed by atoms with Crippen LogP contribution in [0.3, 0.4) is 0 Å². The van der Waals surface area contributed by atoms with Crippen LogP contribution in [-0.2, 0) is 0 Å². The Hall–Kier alpha value is -0.0500. The fraction of sp³-hybridized carbons (Fsp3) is 0.538. The second-order valence-corrected chi connectivity index (χ2v) is 5.66. The van der Waals surface area contributed by atoms with Crippen molar-refractivity contribution in [3.8, 4) is 0 Å². The highest BCUT2D eigenvalue weighted by Crippen LogP contribution is 2.40. The average Bonchev–Trinajstić information content (AvgIpc) is 3.06. The standard InChI is InChI=1S/C13H17BrClN/c1-2-16-12(8-9-6-7-9)10-4-3-5-11(14)13(10)15/h3-5,9,12,16H,2,6-8H2,1H3. The molecular weight excluding hydrogens is 286 g/mol. The van der Waals surface area contributed by atoms with Gasteiger partial charge in [-0.3, -0.25) is 0 Å². The van der Waals surface area contributed by atoms with Crippen LogP contribution in [0.15, 0.2) is 22.7 Å². The first-order chi connectivity index (χ1) is 7.72. The van der Waals surface area contributed by atoms with E-state index in [1.807, 2.05) is 6.07 Å². The lowest BCUT2D eigenvalue weighted by atomic mass is 10.0. The van der Waals surface area contributed by atoms with Gasteiger partial charge in [-0.25, -0.2) is 0 Å². The van der Waals surface area contributed by atoms with Crippen molar-refractivity contribution in [3.63, 3.8) is 0 Å². The number of benzene rings is 1. The minimum atomic E-state index is 0.405. The first-order valence-corrected chi connectivity index (χ1v) is 7.06. The molecule has 2 rings (SSSR count). The maximum absolute atomic E-state index is 6.34. The van der Waals surface area contributed by atoms with Crippen molar-refractivity contribution in [1.82, 2.24) is 5.32 Å². The molecule has 0 radical (unpaired) electrons. The van der Waals surface area contributed by atoms with Crippen LogP contribution in [-0.4, -0.2) is 6.54 Å². The molecule has 0 saturated heterocycles. The highest BCUT2D eigenvalue weighted by Gasteiger charge is 2.27. The van der Waals surface area contributed by atoms with Gasteiger partial charge in [0.15, 0.2) is 0 Å². The zero-order valence-electron chi connectivity index (χ0n) is 9.47. The third kappa shape index (κ3) is 2.99. The number of halogens is 2. The van der Waals surface area contributed by atoms with Gasteiger partial charge in [0.2, 0.25) is 0 Å². The van der Waals surface area contributed by atoms with Crippen molar-refractivity contribution in [1.29, 1.82) is 0 Å². The molecule has 0 amide bonds. The summed E-state index contributed by atoms with van der Waals surface area (Å²) in [6.07, 6.45) is 3.98. The highest BCUT2D eigenvalue weighted by atomic mass is 79.9. The zero-order chi connectivity index (χ0) is 11.5. The third-order valence-electron chi connectivity index (χ3n) is 3.07. The van der Waals surface area contributed by atoms with Gasteiger partial charge in [0.25, 0.3) is 0 Å². The topological polar surface area (TPSA) is 12.0 Å². The Morgan fingerprint density at radius 1 is 1.50 bits per heavy atom. The quantitative estimate of drug-likeness (QED) is 0.841. The van der Waals surface area contributed by atoms with Crippen LogP contribution < -0.4 is 5.32 Å². The summed E-state index contributed by atoms with van der Waals surface area (Å²) in [5, 5.41) is 4.39. The van der Waals surface area contributed by atoms with Crippen LogP contribution in [0.5, 0.6) is 0 Å². The summed E-state index contributed by atoms with van der Waals surface area (Å²) >= 11 is 9.83. The van der Waals surface area contributed by atoms with Gasteiger partial charge in [0.05, 0.1) is 5.02 Å². The first kappa shape index (κ1) is 12.4. The van der Waals surface area contributed by atoms with Crippen LogP contribution >= 0.6 is 27.5 Å². The molecule has 1 saturated carbocycles. The maximum atomic E-state index is 6.34. The fourth-order valence-corrected chi connectivity index (χ4v) is 2.68.